The van der Waals surface area contributed by atoms with Gasteiger partial charge in [0.05, 0.1) is 15.9 Å². The molecule has 0 radical (unpaired) electrons. The number of hydrogen-bond donors (Lipinski definition) is 0. The highest BCUT2D eigenvalue weighted by atomic mass is 32.1. The van der Waals surface area contributed by atoms with Crippen LogP contribution in [0.4, 0.5) is 34.1 Å². The Balaban J connectivity index is 1.18. The Morgan fingerprint density at radius 3 is 1.97 bits per heavy atom. The molecule has 0 unspecified atom stereocenters. The highest BCUT2D eigenvalue weighted by Crippen LogP contribution is 2.55. The van der Waals surface area contributed by atoms with E-state index in [1.807, 2.05) is 11.3 Å². The molecule has 0 bridgehead atoms. The lowest BCUT2D eigenvalue weighted by Crippen LogP contribution is -2.57. The molecule has 9 aromatic carbocycles. The van der Waals surface area contributed by atoms with E-state index in [2.05, 4.69) is 235 Å². The first-order valence-corrected chi connectivity index (χ1v) is 25.1. The second-order valence-electron chi connectivity index (χ2n) is 19.4. The van der Waals surface area contributed by atoms with Crippen LogP contribution in [0.5, 0.6) is 0 Å². The summed E-state index contributed by atoms with van der Waals surface area (Å²) in [4.78, 5) is 5.12. The number of hydrogen-bond acceptors (Lipinski definition) is 3. The van der Waals surface area contributed by atoms with E-state index in [9.17, 15) is 0 Å². The van der Waals surface area contributed by atoms with Crippen molar-refractivity contribution in [1.82, 2.24) is 4.48 Å². The zero-order chi connectivity index (χ0) is 45.3. The predicted octanol–water partition coefficient (Wildman–Crippen LogP) is 16.2. The zero-order valence-electron chi connectivity index (χ0n) is 38.5. The van der Waals surface area contributed by atoms with E-state index in [0.29, 0.717) is 0 Å². The van der Waals surface area contributed by atoms with Gasteiger partial charge in [0.2, 0.25) is 0 Å². The minimum Gasteiger partial charge on any atom is -0.374 e. The molecule has 14 rings (SSSR count). The normalized spacial score (nSPS) is 13.8. The Bertz CT molecular complexity index is 3790. The lowest BCUT2D eigenvalue weighted by atomic mass is 9.43. The van der Waals surface area contributed by atoms with Crippen molar-refractivity contribution in [2.75, 3.05) is 9.80 Å². The van der Waals surface area contributed by atoms with Gasteiger partial charge in [0.15, 0.2) is 0 Å². The van der Waals surface area contributed by atoms with Crippen molar-refractivity contribution in [3.8, 4) is 33.4 Å². The number of rotatable bonds is 8. The van der Waals surface area contributed by atoms with E-state index in [4.69, 9.17) is 0 Å². The van der Waals surface area contributed by atoms with Crippen molar-refractivity contribution in [2.45, 2.75) is 45.4 Å². The maximum Gasteiger partial charge on any atom is 0.333 e. The van der Waals surface area contributed by atoms with Crippen molar-refractivity contribution in [3.63, 3.8) is 0 Å². The molecule has 0 amide bonds. The van der Waals surface area contributed by atoms with Crippen molar-refractivity contribution in [2.24, 2.45) is 0 Å². The van der Waals surface area contributed by atoms with E-state index in [1.165, 1.54) is 109 Å². The minimum atomic E-state index is -0.177. The summed E-state index contributed by atoms with van der Waals surface area (Å²) in [7, 11) is 0. The number of aromatic nitrogens is 1. The Hall–Kier alpha value is -7.60. The van der Waals surface area contributed by atoms with Crippen LogP contribution in [0.2, 0.25) is 0 Å². The minimum absolute atomic E-state index is 0.115. The van der Waals surface area contributed by atoms with E-state index in [1.54, 1.807) is 0 Å². The van der Waals surface area contributed by atoms with Gasteiger partial charge in [-0.3, -0.25) is 0 Å². The molecule has 1 aliphatic carbocycles. The van der Waals surface area contributed by atoms with E-state index < -0.39 is 0 Å². The molecule has 3 nitrogen and oxygen atoms in total. The van der Waals surface area contributed by atoms with Crippen LogP contribution in [0.25, 0.3) is 64.6 Å². The highest BCUT2D eigenvalue weighted by Gasteiger charge is 2.48. The van der Waals surface area contributed by atoms with Gasteiger partial charge in [-0.25, -0.2) is 0 Å². The summed E-state index contributed by atoms with van der Waals surface area (Å²) in [6, 6.07) is 75.6. The number of fused-ring (bicyclic) bond motifs is 13. The van der Waals surface area contributed by atoms with Crippen LogP contribution in [0.15, 0.2) is 200 Å². The molecule has 2 aromatic heterocycles. The second-order valence-corrected chi connectivity index (χ2v) is 20.5. The van der Waals surface area contributed by atoms with E-state index in [0.717, 1.165) is 36.3 Å². The summed E-state index contributed by atoms with van der Waals surface area (Å²) in [6.07, 6.45) is 3.36. The smallest absolute Gasteiger partial charge is 0.333 e. The molecule has 0 atom stereocenters. The zero-order valence-corrected chi connectivity index (χ0v) is 39.3. The fourth-order valence-electron chi connectivity index (χ4n) is 12.3. The summed E-state index contributed by atoms with van der Waals surface area (Å²) >= 11 is 1.94. The molecule has 3 aliphatic rings. The van der Waals surface area contributed by atoms with Gasteiger partial charge in [0.25, 0.3) is 0 Å². The molecule has 5 heteroatoms. The Kier molecular flexibility index (Phi) is 8.70. The predicted molar refractivity (Wildman–Crippen MR) is 292 cm³/mol. The maximum atomic E-state index is 2.78. The molecule has 4 heterocycles. The lowest BCUT2D eigenvalue weighted by molar-refractivity contribution is 0.660. The van der Waals surface area contributed by atoms with Gasteiger partial charge in [-0.15, -0.1) is 11.3 Å². The molecular formula is C63H48BN3S. The lowest BCUT2D eigenvalue weighted by Gasteiger charge is -2.43. The second kappa shape index (κ2) is 15.0. The molecule has 0 saturated carbocycles. The molecule has 0 saturated heterocycles. The van der Waals surface area contributed by atoms with Crippen LogP contribution in [0.1, 0.15) is 50.3 Å². The van der Waals surface area contributed by atoms with Gasteiger partial charge < -0.3 is 14.3 Å². The van der Waals surface area contributed by atoms with Crippen LogP contribution in [-0.2, 0) is 11.8 Å². The Morgan fingerprint density at radius 1 is 0.515 bits per heavy atom. The van der Waals surface area contributed by atoms with Gasteiger partial charge in [0, 0.05) is 66.0 Å². The number of para-hydroxylation sites is 3. The number of anilines is 6. The molecule has 11 aromatic rings. The molecule has 68 heavy (non-hydrogen) atoms. The van der Waals surface area contributed by atoms with E-state index in [-0.39, 0.29) is 12.3 Å². The fourth-order valence-corrected chi connectivity index (χ4v) is 13.5. The van der Waals surface area contributed by atoms with Gasteiger partial charge in [0.1, 0.15) is 0 Å². The number of thiophene rings is 1. The molecule has 0 fully saturated rings. The van der Waals surface area contributed by atoms with Crippen molar-refractivity contribution in [1.29, 1.82) is 0 Å². The molecule has 324 valence electrons. The summed E-state index contributed by atoms with van der Waals surface area (Å²) in [5.74, 6) is 0. The number of aryl methyl sites for hydroxylation is 1. The Labute approximate surface area is 402 Å². The summed E-state index contributed by atoms with van der Waals surface area (Å²) in [5.41, 5.74) is 24.1. The van der Waals surface area contributed by atoms with Crippen molar-refractivity contribution in [3.05, 3.63) is 217 Å². The van der Waals surface area contributed by atoms with Crippen LogP contribution in [0, 0.1) is 0 Å². The first kappa shape index (κ1) is 39.6. The Morgan fingerprint density at radius 2 is 1.19 bits per heavy atom. The summed E-state index contributed by atoms with van der Waals surface area (Å²) in [5, 5.41) is 2.65. The van der Waals surface area contributed by atoms with Crippen LogP contribution >= 0.6 is 11.3 Å². The number of benzene rings is 9. The van der Waals surface area contributed by atoms with Crippen molar-refractivity contribution < 1.29 is 0 Å². The first-order chi connectivity index (χ1) is 33.5. The first-order valence-electron chi connectivity index (χ1n) is 24.3. The average Bonchev–Trinajstić information content (AvgIpc) is 4.00. The third-order valence-electron chi connectivity index (χ3n) is 15.3. The van der Waals surface area contributed by atoms with E-state index >= 15 is 0 Å². The van der Waals surface area contributed by atoms with Crippen LogP contribution in [0.3, 0.4) is 0 Å². The van der Waals surface area contributed by atoms with Crippen LogP contribution < -0.4 is 20.7 Å². The van der Waals surface area contributed by atoms with Gasteiger partial charge in [-0.05, 0) is 123 Å². The van der Waals surface area contributed by atoms with Crippen LogP contribution in [-0.4, -0.2) is 11.3 Å². The number of nitrogens with zero attached hydrogens (tertiary/aromatic N) is 3. The summed E-state index contributed by atoms with van der Waals surface area (Å²) < 4.78 is 5.47. The third kappa shape index (κ3) is 5.54. The molecule has 2 aliphatic heterocycles. The average molecular weight is 890 g/mol. The largest absolute Gasteiger partial charge is 0.374 e. The van der Waals surface area contributed by atoms with Gasteiger partial charge in [-0.2, -0.15) is 0 Å². The number of unbranched alkanes of at least 4 members (excludes halogenated alkanes) is 1. The molecular weight excluding hydrogens is 842 g/mol. The molecule has 0 spiro atoms. The van der Waals surface area contributed by atoms with Gasteiger partial charge in [-0.1, -0.05) is 167 Å². The molecule has 0 N–H and O–H groups in total. The quantitative estimate of drug-likeness (QED) is 0.141. The highest BCUT2D eigenvalue weighted by molar-refractivity contribution is 7.27. The maximum absolute atomic E-state index is 2.78. The fraction of sp³-hybridized carbons (Fsp3) is 0.111. The summed E-state index contributed by atoms with van der Waals surface area (Å²) in [6.45, 7) is 7.03. The van der Waals surface area contributed by atoms with Crippen molar-refractivity contribution >= 4 is 94.4 Å². The topological polar surface area (TPSA) is 11.4 Å². The SMILES string of the molecule is CCCCc1ccc(N2c3cc(N(c4ccccc4)c4ccccc4)cc4c3B(c3c2ccc2c3-c3ccccc3C2(C)C)n2c3c-4cccc3c3sc4ccccc4c32)c(-c2ccccc2)c1. The monoisotopic (exact) mass is 889 g/mol. The van der Waals surface area contributed by atoms with Gasteiger partial charge >= 0.3 is 6.85 Å². The standard InChI is InChI=1S/C63H48BN3S/c1-4-5-20-40-33-35-53(49(37-40)41-21-9-6-10-22-41)66-54-36-34-52-57(46-27-15-17-31-51(46)63(52,2)3)59(54)64-58-50(38-44(39-55(58)66)65(42-23-11-7-12-24-42)43-25-13-8-14-26-43)45-29-19-30-48-60(45)67(64)61-47-28-16-18-32-56(47)68-62(48)61/h6-19,21-39H,4-5,20H2,1-3H3. The third-order valence-corrected chi connectivity index (χ3v) is 16.5.